The number of para-hydroxylation sites is 1. The van der Waals surface area contributed by atoms with Crippen molar-refractivity contribution >= 4 is 22.5 Å². The topological polar surface area (TPSA) is 42.7 Å². The smallest absolute Gasteiger partial charge is 0.0841 e. The van der Waals surface area contributed by atoms with Crippen LogP contribution in [-0.2, 0) is 13.1 Å². The summed E-state index contributed by atoms with van der Waals surface area (Å²) in [4.78, 5) is 4.02. The third-order valence-electron chi connectivity index (χ3n) is 3.45. The summed E-state index contributed by atoms with van der Waals surface area (Å²) in [6.45, 7) is 4.44. The molecule has 0 spiro atoms. The van der Waals surface area contributed by atoms with Crippen LogP contribution in [0.2, 0.25) is 5.02 Å². The van der Waals surface area contributed by atoms with E-state index in [1.165, 1.54) is 5.39 Å². The predicted molar refractivity (Wildman–Crippen MR) is 85.5 cm³/mol. The summed E-state index contributed by atoms with van der Waals surface area (Å²) in [5.74, 6) is 0. The summed E-state index contributed by atoms with van der Waals surface area (Å²) in [7, 11) is 0. The lowest BCUT2D eigenvalue weighted by molar-refractivity contribution is 0.657. The molecule has 4 nitrogen and oxygen atoms in total. The Hall–Kier alpha value is -1.91. The van der Waals surface area contributed by atoms with Crippen LogP contribution >= 0.6 is 11.6 Å². The number of hydrogen-bond acceptors (Lipinski definition) is 3. The molecule has 0 aliphatic heterocycles. The lowest BCUT2D eigenvalue weighted by Gasteiger charge is -2.05. The third kappa shape index (κ3) is 2.91. The van der Waals surface area contributed by atoms with Crippen molar-refractivity contribution in [1.29, 1.82) is 0 Å². The molecule has 0 saturated heterocycles. The fourth-order valence-electron chi connectivity index (χ4n) is 2.38. The fourth-order valence-corrected chi connectivity index (χ4v) is 2.56. The Morgan fingerprint density at radius 3 is 2.90 bits per heavy atom. The SMILES string of the molecule is CCNCc1nn(Cc2ccncc2Cl)c2ccccc12. The number of pyridine rings is 1. The first-order valence-electron chi connectivity index (χ1n) is 7.03. The van der Waals surface area contributed by atoms with Gasteiger partial charge in [0.1, 0.15) is 0 Å². The van der Waals surface area contributed by atoms with Gasteiger partial charge in [-0.2, -0.15) is 5.10 Å². The van der Waals surface area contributed by atoms with E-state index in [0.717, 1.165) is 29.9 Å². The molecule has 1 aromatic carbocycles. The molecule has 0 radical (unpaired) electrons. The van der Waals surface area contributed by atoms with Gasteiger partial charge in [-0.15, -0.1) is 0 Å². The largest absolute Gasteiger partial charge is 0.311 e. The minimum absolute atomic E-state index is 0.647. The van der Waals surface area contributed by atoms with Crippen LogP contribution < -0.4 is 5.32 Å². The van der Waals surface area contributed by atoms with Crippen LogP contribution in [0.5, 0.6) is 0 Å². The Kier molecular flexibility index (Phi) is 4.18. The minimum atomic E-state index is 0.647. The van der Waals surface area contributed by atoms with Gasteiger partial charge in [-0.3, -0.25) is 9.67 Å². The second kappa shape index (κ2) is 6.24. The number of nitrogens with one attached hydrogen (secondary N) is 1. The lowest BCUT2D eigenvalue weighted by atomic mass is 10.2. The van der Waals surface area contributed by atoms with Crippen LogP contribution in [0.25, 0.3) is 10.9 Å². The van der Waals surface area contributed by atoms with E-state index in [9.17, 15) is 0 Å². The van der Waals surface area contributed by atoms with Gasteiger partial charge in [0.25, 0.3) is 0 Å². The van der Waals surface area contributed by atoms with Crippen molar-refractivity contribution < 1.29 is 0 Å². The van der Waals surface area contributed by atoms with E-state index in [2.05, 4.69) is 29.4 Å². The quantitative estimate of drug-likeness (QED) is 0.786. The van der Waals surface area contributed by atoms with Gasteiger partial charge in [-0.25, -0.2) is 0 Å². The molecule has 0 fully saturated rings. The summed E-state index contributed by atoms with van der Waals surface area (Å²) in [5.41, 5.74) is 3.21. The van der Waals surface area contributed by atoms with Gasteiger partial charge in [0.2, 0.25) is 0 Å². The molecule has 0 amide bonds. The standard InChI is InChI=1S/C16H17ClN4/c1-2-18-10-15-13-5-3-4-6-16(13)21(20-15)11-12-7-8-19-9-14(12)17/h3-9,18H,2,10-11H2,1H3. The minimum Gasteiger partial charge on any atom is -0.311 e. The Labute approximate surface area is 128 Å². The first-order chi connectivity index (χ1) is 10.3. The second-order valence-corrected chi connectivity index (χ2v) is 5.28. The van der Waals surface area contributed by atoms with Crippen molar-refractivity contribution in [1.82, 2.24) is 20.1 Å². The zero-order valence-electron chi connectivity index (χ0n) is 11.9. The predicted octanol–water partition coefficient (Wildman–Crippen LogP) is 3.24. The Balaban J connectivity index is 2.00. The molecule has 0 aliphatic carbocycles. The highest BCUT2D eigenvalue weighted by Gasteiger charge is 2.11. The van der Waals surface area contributed by atoms with Crippen molar-refractivity contribution in [3.8, 4) is 0 Å². The molecule has 0 bridgehead atoms. The van der Waals surface area contributed by atoms with Crippen molar-refractivity contribution in [3.63, 3.8) is 0 Å². The van der Waals surface area contributed by atoms with Crippen molar-refractivity contribution in [2.24, 2.45) is 0 Å². The van der Waals surface area contributed by atoms with E-state index in [1.807, 2.05) is 22.9 Å². The normalized spacial score (nSPS) is 11.1. The first-order valence-corrected chi connectivity index (χ1v) is 7.41. The molecule has 3 aromatic rings. The van der Waals surface area contributed by atoms with E-state index in [-0.39, 0.29) is 0 Å². The summed E-state index contributed by atoms with van der Waals surface area (Å²) in [6, 6.07) is 10.2. The Bertz CT molecular complexity index is 751. The molecule has 2 heterocycles. The van der Waals surface area contributed by atoms with Gasteiger partial charge in [-0.1, -0.05) is 36.7 Å². The van der Waals surface area contributed by atoms with E-state index < -0.39 is 0 Å². The van der Waals surface area contributed by atoms with Gasteiger partial charge in [-0.05, 0) is 24.2 Å². The number of nitrogens with zero attached hydrogens (tertiary/aromatic N) is 3. The molecule has 0 aliphatic rings. The van der Waals surface area contributed by atoms with Gasteiger partial charge >= 0.3 is 0 Å². The lowest BCUT2D eigenvalue weighted by Crippen LogP contribution is -2.13. The molecule has 2 aromatic heterocycles. The van der Waals surface area contributed by atoms with Gasteiger partial charge in [0.05, 0.1) is 22.8 Å². The fraction of sp³-hybridized carbons (Fsp3) is 0.250. The van der Waals surface area contributed by atoms with Crippen molar-refractivity contribution in [2.75, 3.05) is 6.54 Å². The Morgan fingerprint density at radius 2 is 2.10 bits per heavy atom. The molecule has 3 rings (SSSR count). The van der Waals surface area contributed by atoms with Gasteiger partial charge in [0, 0.05) is 24.3 Å². The molecular formula is C16H17ClN4. The van der Waals surface area contributed by atoms with Gasteiger partial charge < -0.3 is 5.32 Å². The molecule has 0 unspecified atom stereocenters. The molecule has 5 heteroatoms. The highest BCUT2D eigenvalue weighted by atomic mass is 35.5. The average molecular weight is 301 g/mol. The van der Waals surface area contributed by atoms with Crippen LogP contribution in [-0.4, -0.2) is 21.3 Å². The zero-order valence-corrected chi connectivity index (χ0v) is 12.6. The van der Waals surface area contributed by atoms with Crippen LogP contribution in [0.4, 0.5) is 0 Å². The van der Waals surface area contributed by atoms with E-state index >= 15 is 0 Å². The Morgan fingerprint density at radius 1 is 1.24 bits per heavy atom. The summed E-state index contributed by atoms with van der Waals surface area (Å²) >= 11 is 6.20. The summed E-state index contributed by atoms with van der Waals surface area (Å²) in [6.07, 6.45) is 3.43. The van der Waals surface area contributed by atoms with Crippen LogP contribution in [0.3, 0.4) is 0 Å². The van der Waals surface area contributed by atoms with Crippen LogP contribution in [0.15, 0.2) is 42.7 Å². The summed E-state index contributed by atoms with van der Waals surface area (Å²) < 4.78 is 2.00. The number of benzene rings is 1. The molecule has 21 heavy (non-hydrogen) atoms. The van der Waals surface area contributed by atoms with E-state index in [4.69, 9.17) is 16.7 Å². The second-order valence-electron chi connectivity index (χ2n) is 4.87. The van der Waals surface area contributed by atoms with Gasteiger partial charge in [0.15, 0.2) is 0 Å². The molecule has 108 valence electrons. The number of aromatic nitrogens is 3. The monoisotopic (exact) mass is 300 g/mol. The number of hydrogen-bond donors (Lipinski definition) is 1. The molecular weight excluding hydrogens is 284 g/mol. The molecule has 1 N–H and O–H groups in total. The van der Waals surface area contributed by atoms with E-state index in [1.54, 1.807) is 12.4 Å². The average Bonchev–Trinajstić information content (AvgIpc) is 2.86. The van der Waals surface area contributed by atoms with E-state index in [0.29, 0.717) is 11.6 Å². The molecule has 0 saturated carbocycles. The third-order valence-corrected chi connectivity index (χ3v) is 3.79. The number of halogens is 1. The summed E-state index contributed by atoms with van der Waals surface area (Å²) in [5, 5.41) is 9.93. The number of fused-ring (bicyclic) bond motifs is 1. The highest BCUT2D eigenvalue weighted by molar-refractivity contribution is 6.31. The first kappa shape index (κ1) is 14.0. The number of rotatable bonds is 5. The zero-order chi connectivity index (χ0) is 14.7. The maximum Gasteiger partial charge on any atom is 0.0841 e. The van der Waals surface area contributed by atoms with Crippen LogP contribution in [0.1, 0.15) is 18.2 Å². The highest BCUT2D eigenvalue weighted by Crippen LogP contribution is 2.21. The van der Waals surface area contributed by atoms with Crippen LogP contribution in [0, 0.1) is 0 Å². The van der Waals surface area contributed by atoms with Crippen molar-refractivity contribution in [2.45, 2.75) is 20.0 Å². The van der Waals surface area contributed by atoms with Crippen molar-refractivity contribution in [3.05, 3.63) is 59.0 Å². The maximum absolute atomic E-state index is 6.20. The maximum atomic E-state index is 6.20. The molecule has 0 atom stereocenters.